The molecule has 0 radical (unpaired) electrons. The summed E-state index contributed by atoms with van der Waals surface area (Å²) >= 11 is 0. The lowest BCUT2D eigenvalue weighted by atomic mass is 9.71. The van der Waals surface area contributed by atoms with E-state index in [9.17, 15) is 0 Å². The van der Waals surface area contributed by atoms with E-state index in [1.165, 1.54) is 36.8 Å². The van der Waals surface area contributed by atoms with E-state index in [2.05, 4.69) is 71.3 Å². The van der Waals surface area contributed by atoms with Gasteiger partial charge in [-0.2, -0.15) is 0 Å². The molecule has 23 heavy (non-hydrogen) atoms. The van der Waals surface area contributed by atoms with E-state index in [1.54, 1.807) is 0 Å². The Hall–Kier alpha value is -1.64. The second-order valence-electron chi connectivity index (χ2n) is 7.08. The first-order chi connectivity index (χ1) is 11.4. The van der Waals surface area contributed by atoms with Crippen LogP contribution in [0.25, 0.3) is 0 Å². The van der Waals surface area contributed by atoms with Crippen LogP contribution < -0.4 is 10.6 Å². The first-order valence-corrected chi connectivity index (χ1v) is 8.96. The van der Waals surface area contributed by atoms with Crippen molar-refractivity contribution < 1.29 is 0 Å². The lowest BCUT2D eigenvalue weighted by Crippen LogP contribution is -2.60. The summed E-state index contributed by atoms with van der Waals surface area (Å²) in [7, 11) is 0. The largest absolute Gasteiger partial charge is 0.309 e. The van der Waals surface area contributed by atoms with Crippen LogP contribution >= 0.6 is 0 Å². The summed E-state index contributed by atoms with van der Waals surface area (Å²) in [5.41, 5.74) is 3.14. The summed E-state index contributed by atoms with van der Waals surface area (Å²) in [6.07, 6.45) is 5.08. The van der Waals surface area contributed by atoms with Crippen LogP contribution in [0.3, 0.4) is 0 Å². The molecule has 0 amide bonds. The highest BCUT2D eigenvalue weighted by Gasteiger charge is 2.43. The third-order valence-electron chi connectivity index (χ3n) is 5.74. The standard InChI is InChI=1S/C21H26N2/c1-3-8-17(9-4-1)19-12-14-21(23-16-19)13-7-15-22-20(21)18-10-5-2-6-11-18/h1-6,8-11,19-20,22-23H,7,12-16H2/t19-,20?,21+/m1/s1. The van der Waals surface area contributed by atoms with Gasteiger partial charge in [-0.3, -0.25) is 0 Å². The number of benzene rings is 2. The van der Waals surface area contributed by atoms with Gasteiger partial charge in [-0.25, -0.2) is 0 Å². The Kier molecular flexibility index (Phi) is 4.19. The zero-order valence-electron chi connectivity index (χ0n) is 13.7. The van der Waals surface area contributed by atoms with E-state index in [0.29, 0.717) is 12.0 Å². The Morgan fingerprint density at radius 1 is 0.826 bits per heavy atom. The summed E-state index contributed by atoms with van der Waals surface area (Å²) in [5, 5.41) is 7.76. The first-order valence-electron chi connectivity index (χ1n) is 8.96. The average molecular weight is 306 g/mol. The van der Waals surface area contributed by atoms with Gasteiger partial charge in [0.05, 0.1) is 6.04 Å². The van der Waals surface area contributed by atoms with Crippen LogP contribution in [0.2, 0.25) is 0 Å². The fourth-order valence-electron chi connectivity index (χ4n) is 4.49. The third-order valence-corrected chi connectivity index (χ3v) is 5.74. The van der Waals surface area contributed by atoms with Gasteiger partial charge in [0.2, 0.25) is 0 Å². The number of rotatable bonds is 2. The molecule has 2 aliphatic heterocycles. The van der Waals surface area contributed by atoms with Crippen molar-refractivity contribution in [2.75, 3.05) is 13.1 Å². The number of hydrogen-bond acceptors (Lipinski definition) is 2. The fourth-order valence-corrected chi connectivity index (χ4v) is 4.49. The SMILES string of the molecule is c1ccc(C2NCCC[C@]23CC[C@@H](c2ccccc2)CN3)cc1. The fraction of sp³-hybridized carbons (Fsp3) is 0.429. The molecule has 2 nitrogen and oxygen atoms in total. The van der Waals surface area contributed by atoms with Gasteiger partial charge in [-0.1, -0.05) is 60.7 Å². The van der Waals surface area contributed by atoms with Crippen LogP contribution in [0.5, 0.6) is 0 Å². The molecule has 2 saturated heterocycles. The van der Waals surface area contributed by atoms with Crippen LogP contribution in [0.4, 0.5) is 0 Å². The minimum Gasteiger partial charge on any atom is -0.309 e. The zero-order chi connectivity index (χ0) is 15.5. The first kappa shape index (κ1) is 14.9. The zero-order valence-corrected chi connectivity index (χ0v) is 13.7. The van der Waals surface area contributed by atoms with E-state index in [4.69, 9.17) is 0 Å². The van der Waals surface area contributed by atoms with Crippen LogP contribution in [-0.4, -0.2) is 18.6 Å². The number of hydrogen-bond donors (Lipinski definition) is 2. The molecule has 2 N–H and O–H groups in total. The van der Waals surface area contributed by atoms with Crippen LogP contribution in [-0.2, 0) is 0 Å². The van der Waals surface area contributed by atoms with Crippen molar-refractivity contribution in [1.29, 1.82) is 0 Å². The molecule has 0 bridgehead atoms. The molecule has 0 aromatic heterocycles. The van der Waals surface area contributed by atoms with E-state index in [0.717, 1.165) is 13.1 Å². The van der Waals surface area contributed by atoms with Crippen molar-refractivity contribution >= 4 is 0 Å². The smallest absolute Gasteiger partial charge is 0.0505 e. The van der Waals surface area contributed by atoms with Gasteiger partial charge < -0.3 is 10.6 Å². The second-order valence-corrected chi connectivity index (χ2v) is 7.08. The molecule has 2 aromatic rings. The van der Waals surface area contributed by atoms with E-state index >= 15 is 0 Å². The van der Waals surface area contributed by atoms with Crippen molar-refractivity contribution in [2.24, 2.45) is 0 Å². The molecule has 1 unspecified atom stereocenters. The Morgan fingerprint density at radius 3 is 2.17 bits per heavy atom. The second kappa shape index (κ2) is 6.46. The highest BCUT2D eigenvalue weighted by atomic mass is 15.1. The monoisotopic (exact) mass is 306 g/mol. The topological polar surface area (TPSA) is 24.1 Å². The number of piperidine rings is 2. The van der Waals surface area contributed by atoms with Gasteiger partial charge in [0.25, 0.3) is 0 Å². The maximum atomic E-state index is 3.97. The molecule has 2 fully saturated rings. The van der Waals surface area contributed by atoms with E-state index < -0.39 is 0 Å². The van der Waals surface area contributed by atoms with Crippen molar-refractivity contribution in [1.82, 2.24) is 10.6 Å². The Bertz CT molecular complexity index is 615. The molecule has 1 spiro atoms. The maximum Gasteiger partial charge on any atom is 0.0505 e. The van der Waals surface area contributed by atoms with Gasteiger partial charge in [-0.05, 0) is 49.3 Å². The highest BCUT2D eigenvalue weighted by molar-refractivity contribution is 5.27. The lowest BCUT2D eigenvalue weighted by Gasteiger charge is -2.50. The molecule has 2 heterocycles. The summed E-state index contributed by atoms with van der Waals surface area (Å²) in [5.74, 6) is 0.653. The summed E-state index contributed by atoms with van der Waals surface area (Å²) < 4.78 is 0. The van der Waals surface area contributed by atoms with Gasteiger partial charge in [0, 0.05) is 12.1 Å². The van der Waals surface area contributed by atoms with E-state index in [-0.39, 0.29) is 5.54 Å². The molecule has 2 heteroatoms. The minimum absolute atomic E-state index is 0.227. The van der Waals surface area contributed by atoms with Gasteiger partial charge in [-0.15, -0.1) is 0 Å². The predicted octanol–water partition coefficient (Wildman–Crippen LogP) is 4.02. The van der Waals surface area contributed by atoms with E-state index in [1.807, 2.05) is 0 Å². The molecular formula is C21H26N2. The van der Waals surface area contributed by atoms with Gasteiger partial charge in [0.15, 0.2) is 0 Å². The Labute approximate surface area is 139 Å². The van der Waals surface area contributed by atoms with Crippen LogP contribution in [0.1, 0.15) is 48.8 Å². The van der Waals surface area contributed by atoms with Crippen molar-refractivity contribution in [3.8, 4) is 0 Å². The molecule has 0 saturated carbocycles. The average Bonchev–Trinajstić information content (AvgIpc) is 2.64. The molecule has 0 aliphatic carbocycles. The molecule has 4 rings (SSSR count). The minimum atomic E-state index is 0.227. The third kappa shape index (κ3) is 2.93. The molecule has 2 aromatic carbocycles. The van der Waals surface area contributed by atoms with Crippen LogP contribution in [0, 0.1) is 0 Å². The van der Waals surface area contributed by atoms with Gasteiger partial charge in [0.1, 0.15) is 0 Å². The molecule has 3 atom stereocenters. The molecule has 2 aliphatic rings. The summed E-state index contributed by atoms with van der Waals surface area (Å²) in [6.45, 7) is 2.22. The predicted molar refractivity (Wildman–Crippen MR) is 95.6 cm³/mol. The quantitative estimate of drug-likeness (QED) is 0.876. The normalized spacial score (nSPS) is 31.1. The maximum absolute atomic E-state index is 3.97. The highest BCUT2D eigenvalue weighted by Crippen LogP contribution is 2.41. The molecule has 120 valence electrons. The lowest BCUT2D eigenvalue weighted by molar-refractivity contribution is 0.132. The van der Waals surface area contributed by atoms with Crippen molar-refractivity contribution in [2.45, 2.75) is 43.2 Å². The van der Waals surface area contributed by atoms with Crippen molar-refractivity contribution in [3.63, 3.8) is 0 Å². The van der Waals surface area contributed by atoms with Crippen LogP contribution in [0.15, 0.2) is 60.7 Å². The van der Waals surface area contributed by atoms with Gasteiger partial charge >= 0.3 is 0 Å². The summed E-state index contributed by atoms with van der Waals surface area (Å²) in [4.78, 5) is 0. The Balaban J connectivity index is 1.54. The summed E-state index contributed by atoms with van der Waals surface area (Å²) in [6, 6.07) is 22.4. The molecular weight excluding hydrogens is 280 g/mol. The Morgan fingerprint density at radius 2 is 1.52 bits per heavy atom. The van der Waals surface area contributed by atoms with Crippen molar-refractivity contribution in [3.05, 3.63) is 71.8 Å². The number of nitrogens with one attached hydrogen (secondary N) is 2.